The first-order chi connectivity index (χ1) is 18.7. The Labute approximate surface area is 229 Å². The van der Waals surface area contributed by atoms with Crippen molar-refractivity contribution in [3.05, 3.63) is 54.6 Å². The molecule has 0 saturated heterocycles. The zero-order valence-electron chi connectivity index (χ0n) is 22.8. The molecule has 0 radical (unpaired) electrons. The molecule has 0 aliphatic carbocycles. The van der Waals surface area contributed by atoms with Crippen LogP contribution in [-0.2, 0) is 16.1 Å². The van der Waals surface area contributed by atoms with Gasteiger partial charge in [-0.2, -0.15) is 8.78 Å². The number of aromatic nitrogens is 4. The van der Waals surface area contributed by atoms with Crippen LogP contribution in [0, 0.1) is 0 Å². The predicted octanol–water partition coefficient (Wildman–Crippen LogP) is 5.87. The number of amides is 2. The van der Waals surface area contributed by atoms with Gasteiger partial charge in [0.25, 0.3) is 0 Å². The summed E-state index contributed by atoms with van der Waals surface area (Å²) in [6.07, 6.45) is 3.68. The molecule has 0 spiro atoms. The Hall–Kier alpha value is -4.62. The van der Waals surface area contributed by atoms with Crippen molar-refractivity contribution in [2.24, 2.45) is 0 Å². The van der Waals surface area contributed by atoms with Gasteiger partial charge in [-0.05, 0) is 65.8 Å². The number of nitrogens with zero attached hydrogens (tertiary/aromatic N) is 5. The summed E-state index contributed by atoms with van der Waals surface area (Å²) in [5.74, 6) is 0.325. The molecule has 0 saturated carbocycles. The zero-order chi connectivity index (χ0) is 29.5. The maximum atomic E-state index is 12.7. The van der Waals surface area contributed by atoms with Crippen LogP contribution in [0.25, 0.3) is 0 Å². The van der Waals surface area contributed by atoms with Crippen molar-refractivity contribution in [3.63, 3.8) is 0 Å². The lowest BCUT2D eigenvalue weighted by Crippen LogP contribution is -2.44. The average molecular weight is 561 g/mol. The lowest BCUT2D eigenvalue weighted by molar-refractivity contribution is -0.0498. The van der Waals surface area contributed by atoms with Crippen LogP contribution in [0.2, 0.25) is 0 Å². The van der Waals surface area contributed by atoms with Gasteiger partial charge in [-0.1, -0.05) is 0 Å². The highest BCUT2D eigenvalue weighted by atomic mass is 19.3. The first-order valence-electron chi connectivity index (χ1n) is 12.0. The Morgan fingerprint density at radius 2 is 1.35 bits per heavy atom. The Kier molecular flexibility index (Phi) is 9.35. The molecule has 0 aliphatic rings. The molecule has 214 valence electrons. The molecule has 0 unspecified atom stereocenters. The molecular formula is C26H30F2N6O6. The first-order valence-corrected chi connectivity index (χ1v) is 12.0. The maximum absolute atomic E-state index is 12.7. The molecule has 3 aromatic rings. The number of hydrogen-bond acceptors (Lipinski definition) is 11. The number of rotatable bonds is 8. The maximum Gasteiger partial charge on any atom is 0.427 e. The number of hydrogen-bond donors (Lipinski definition) is 1. The monoisotopic (exact) mass is 560 g/mol. The van der Waals surface area contributed by atoms with E-state index >= 15 is 0 Å². The molecule has 1 aromatic carbocycles. The Morgan fingerprint density at radius 1 is 0.825 bits per heavy atom. The lowest BCUT2D eigenvalue weighted by atomic mass is 10.2. The summed E-state index contributed by atoms with van der Waals surface area (Å²) < 4.78 is 45.1. The van der Waals surface area contributed by atoms with Gasteiger partial charge in [-0.3, -0.25) is 0 Å². The van der Waals surface area contributed by atoms with Crippen LogP contribution in [0.5, 0.6) is 11.5 Å². The molecule has 3 rings (SSSR count). The van der Waals surface area contributed by atoms with Crippen LogP contribution in [0.15, 0.2) is 49.1 Å². The van der Waals surface area contributed by atoms with Crippen molar-refractivity contribution in [2.75, 3.05) is 10.2 Å². The smallest absolute Gasteiger partial charge is 0.427 e. The van der Waals surface area contributed by atoms with E-state index in [1.54, 1.807) is 53.7 Å². The van der Waals surface area contributed by atoms with Crippen molar-refractivity contribution in [1.82, 2.24) is 19.9 Å². The Morgan fingerprint density at radius 3 is 1.82 bits per heavy atom. The van der Waals surface area contributed by atoms with Gasteiger partial charge in [0.2, 0.25) is 11.9 Å². The van der Waals surface area contributed by atoms with E-state index in [0.29, 0.717) is 16.2 Å². The average Bonchev–Trinajstić information content (AvgIpc) is 2.83. The molecule has 2 aromatic heterocycles. The van der Waals surface area contributed by atoms with Gasteiger partial charge in [0.1, 0.15) is 23.6 Å². The number of alkyl halides is 2. The van der Waals surface area contributed by atoms with E-state index in [4.69, 9.17) is 14.2 Å². The first kappa shape index (κ1) is 29.9. The van der Waals surface area contributed by atoms with Crippen LogP contribution < -0.4 is 19.7 Å². The van der Waals surface area contributed by atoms with Crippen LogP contribution in [0.3, 0.4) is 0 Å². The number of benzene rings is 1. The zero-order valence-corrected chi connectivity index (χ0v) is 22.8. The number of imide groups is 1. The fourth-order valence-corrected chi connectivity index (χ4v) is 2.86. The third-order valence-corrected chi connectivity index (χ3v) is 4.41. The number of halogens is 2. The molecule has 0 fully saturated rings. The second-order valence-electron chi connectivity index (χ2n) is 10.2. The van der Waals surface area contributed by atoms with Gasteiger partial charge in [0.05, 0.1) is 12.4 Å². The molecule has 0 bridgehead atoms. The van der Waals surface area contributed by atoms with Crippen LogP contribution in [-0.4, -0.2) is 49.9 Å². The molecule has 0 atom stereocenters. The summed E-state index contributed by atoms with van der Waals surface area (Å²) in [6.45, 7) is 7.14. The van der Waals surface area contributed by atoms with Crippen LogP contribution in [0.4, 0.5) is 36.0 Å². The van der Waals surface area contributed by atoms with E-state index in [0.717, 1.165) is 0 Å². The van der Waals surface area contributed by atoms with E-state index in [-0.39, 0.29) is 30.0 Å². The highest BCUT2D eigenvalue weighted by Crippen LogP contribution is 2.22. The minimum atomic E-state index is -2.90. The highest BCUT2D eigenvalue weighted by Gasteiger charge is 2.34. The van der Waals surface area contributed by atoms with Gasteiger partial charge in [0.15, 0.2) is 5.75 Å². The third kappa shape index (κ3) is 9.60. The van der Waals surface area contributed by atoms with Crippen molar-refractivity contribution in [1.29, 1.82) is 0 Å². The summed E-state index contributed by atoms with van der Waals surface area (Å²) in [5.41, 5.74) is -0.540. The number of carbonyl (C=O) groups is 2. The van der Waals surface area contributed by atoms with Gasteiger partial charge in [-0.25, -0.2) is 29.5 Å². The fourth-order valence-electron chi connectivity index (χ4n) is 2.86. The van der Waals surface area contributed by atoms with Crippen molar-refractivity contribution < 1.29 is 37.3 Å². The van der Waals surface area contributed by atoms with E-state index in [1.165, 1.54) is 36.9 Å². The summed E-state index contributed by atoms with van der Waals surface area (Å²) in [6, 6.07) is 5.89. The summed E-state index contributed by atoms with van der Waals surface area (Å²) >= 11 is 0. The molecule has 14 heteroatoms. The van der Waals surface area contributed by atoms with Crippen molar-refractivity contribution in [2.45, 2.75) is 66.0 Å². The minimum Gasteiger partial charge on any atom is -0.486 e. The SMILES string of the molecule is CC(C)(C)OC(=O)N(C(=O)OC(C)(C)C)c1ncc(OCc2cnc(Nc3ccc(OC(F)F)cc3)nc2)cn1. The van der Waals surface area contributed by atoms with E-state index in [1.807, 2.05) is 0 Å². The van der Waals surface area contributed by atoms with E-state index < -0.39 is 30.0 Å². The number of ether oxygens (including phenoxy) is 4. The quantitative estimate of drug-likeness (QED) is 0.354. The molecule has 1 N–H and O–H groups in total. The number of anilines is 3. The Balaban J connectivity index is 1.61. The molecule has 0 aliphatic heterocycles. The van der Waals surface area contributed by atoms with Crippen molar-refractivity contribution >= 4 is 29.8 Å². The standard InChI is InChI=1S/C26H30F2N6O6/c1-25(2,3)39-23(35)34(24(36)40-26(4,5)6)22-31-13-19(14-32-22)37-15-16-11-29-21(30-12-16)33-17-7-9-18(10-8-17)38-20(27)28/h7-14,20H,15H2,1-6H3,(H,29,30,33). The minimum absolute atomic E-state index is 0.0355. The second-order valence-corrected chi connectivity index (χ2v) is 10.2. The molecular weight excluding hydrogens is 530 g/mol. The second kappa shape index (κ2) is 12.5. The van der Waals surface area contributed by atoms with Gasteiger partial charge in [-0.15, -0.1) is 4.90 Å². The van der Waals surface area contributed by atoms with Gasteiger partial charge in [0, 0.05) is 23.6 Å². The van der Waals surface area contributed by atoms with Crippen LogP contribution >= 0.6 is 0 Å². The highest BCUT2D eigenvalue weighted by molar-refractivity contribution is 6.08. The molecule has 40 heavy (non-hydrogen) atoms. The van der Waals surface area contributed by atoms with Crippen LogP contribution in [0.1, 0.15) is 47.1 Å². The van der Waals surface area contributed by atoms with Crippen molar-refractivity contribution in [3.8, 4) is 11.5 Å². The molecule has 2 amide bonds. The Bertz CT molecular complexity index is 1250. The number of carbonyl (C=O) groups excluding carboxylic acids is 2. The number of nitrogens with one attached hydrogen (secondary N) is 1. The molecule has 2 heterocycles. The fraction of sp³-hybridized carbons (Fsp3) is 0.385. The normalized spacial score (nSPS) is 11.5. The lowest BCUT2D eigenvalue weighted by Gasteiger charge is -2.27. The van der Waals surface area contributed by atoms with Gasteiger partial charge >= 0.3 is 18.8 Å². The largest absolute Gasteiger partial charge is 0.486 e. The van der Waals surface area contributed by atoms with E-state index in [2.05, 4.69) is 30.0 Å². The van der Waals surface area contributed by atoms with Gasteiger partial charge < -0.3 is 24.3 Å². The predicted molar refractivity (Wildman–Crippen MR) is 140 cm³/mol. The van der Waals surface area contributed by atoms with E-state index in [9.17, 15) is 18.4 Å². The molecule has 12 nitrogen and oxygen atoms in total. The summed E-state index contributed by atoms with van der Waals surface area (Å²) in [7, 11) is 0. The summed E-state index contributed by atoms with van der Waals surface area (Å²) in [4.78, 5) is 42.6. The summed E-state index contributed by atoms with van der Waals surface area (Å²) in [5, 5.41) is 2.94. The third-order valence-electron chi connectivity index (χ3n) is 4.41. The topological polar surface area (TPSA) is 138 Å².